The quantitative estimate of drug-likeness (QED) is 0.341. The number of rotatable bonds is 9. The van der Waals surface area contributed by atoms with Gasteiger partial charge in [-0.2, -0.15) is 5.26 Å². The Morgan fingerprint density at radius 3 is 2.81 bits per heavy atom. The highest BCUT2D eigenvalue weighted by atomic mass is 16.7. The van der Waals surface area contributed by atoms with Crippen LogP contribution in [0.4, 0.5) is 22.1 Å². The minimum Gasteiger partial charge on any atom is -0.383 e. The second-order valence-corrected chi connectivity index (χ2v) is 7.98. The Bertz CT molecular complexity index is 1240. The molecule has 0 saturated heterocycles. The molecule has 3 aromatic heterocycles. The molecule has 3 aromatic rings. The van der Waals surface area contributed by atoms with E-state index < -0.39 is 6.29 Å². The first-order chi connectivity index (χ1) is 17.6. The number of hydrogen-bond donors (Lipinski definition) is 2. The van der Waals surface area contributed by atoms with E-state index in [1.807, 2.05) is 16.8 Å². The fraction of sp³-hybridized carbons (Fsp3) is 0.375. The number of nitrogens with one attached hydrogen (secondary N) is 2. The molecule has 0 aromatic carbocycles. The summed E-state index contributed by atoms with van der Waals surface area (Å²) in [4.78, 5) is 28.1. The number of carbonyl (C=O) groups excluding carboxylic acids is 1. The molecule has 0 spiro atoms. The third kappa shape index (κ3) is 5.28. The van der Waals surface area contributed by atoms with Gasteiger partial charge < -0.3 is 24.1 Å². The average molecular weight is 493 g/mol. The standard InChI is InChI=1S/C24H28N8O4/c1-34-10-7-27-18-12-20(28-14-17(18)13-25)29-24(33)32-8-4-5-16-11-19(31-9-6-26-15-31)21(30-22(16)32)23(35-2)36-3/h6,9,11-12,14-15,23H,4-5,7-8,10H2,1-3H3,(H2,27,28,29,33). The number of anilines is 3. The number of hydrogen-bond acceptors (Lipinski definition) is 9. The van der Waals surface area contributed by atoms with Crippen molar-refractivity contribution in [3.8, 4) is 11.8 Å². The minimum atomic E-state index is -0.736. The number of nitrogens with zero attached hydrogens (tertiary/aromatic N) is 6. The van der Waals surface area contributed by atoms with Gasteiger partial charge in [-0.05, 0) is 24.5 Å². The number of nitriles is 1. The molecule has 0 fully saturated rings. The number of methoxy groups -OCH3 is 3. The van der Waals surface area contributed by atoms with E-state index in [0.717, 1.165) is 24.1 Å². The van der Waals surface area contributed by atoms with Crippen LogP contribution in [0.1, 0.15) is 29.5 Å². The Morgan fingerprint density at radius 1 is 1.28 bits per heavy atom. The van der Waals surface area contributed by atoms with Crippen LogP contribution in [0.2, 0.25) is 0 Å². The van der Waals surface area contributed by atoms with Crippen molar-refractivity contribution in [1.29, 1.82) is 5.26 Å². The number of pyridine rings is 2. The summed E-state index contributed by atoms with van der Waals surface area (Å²) >= 11 is 0. The lowest BCUT2D eigenvalue weighted by atomic mass is 10.0. The maximum Gasteiger partial charge on any atom is 0.328 e. The van der Waals surface area contributed by atoms with Crippen molar-refractivity contribution in [3.05, 3.63) is 53.9 Å². The fourth-order valence-electron chi connectivity index (χ4n) is 4.02. The molecular formula is C24H28N8O4. The molecule has 12 nitrogen and oxygen atoms in total. The van der Waals surface area contributed by atoms with Crippen molar-refractivity contribution >= 4 is 23.4 Å². The van der Waals surface area contributed by atoms with Gasteiger partial charge in [0.25, 0.3) is 0 Å². The van der Waals surface area contributed by atoms with Crippen LogP contribution in [0.3, 0.4) is 0 Å². The molecule has 12 heteroatoms. The van der Waals surface area contributed by atoms with Crippen LogP contribution in [0.15, 0.2) is 37.1 Å². The lowest BCUT2D eigenvalue weighted by Gasteiger charge is -2.30. The van der Waals surface area contributed by atoms with E-state index in [4.69, 9.17) is 19.2 Å². The zero-order valence-electron chi connectivity index (χ0n) is 20.4. The highest BCUT2D eigenvalue weighted by Crippen LogP contribution is 2.33. The van der Waals surface area contributed by atoms with Crippen LogP contribution in [0.5, 0.6) is 0 Å². The molecule has 4 rings (SSSR count). The Balaban J connectivity index is 1.64. The van der Waals surface area contributed by atoms with Crippen molar-refractivity contribution < 1.29 is 19.0 Å². The first-order valence-corrected chi connectivity index (χ1v) is 11.4. The van der Waals surface area contributed by atoms with Gasteiger partial charge in [-0.25, -0.2) is 19.7 Å². The fourth-order valence-corrected chi connectivity index (χ4v) is 4.02. The van der Waals surface area contributed by atoms with Gasteiger partial charge in [-0.3, -0.25) is 10.2 Å². The number of aryl methyl sites for hydroxylation is 1. The van der Waals surface area contributed by atoms with Crippen LogP contribution < -0.4 is 15.5 Å². The maximum atomic E-state index is 13.3. The first-order valence-electron chi connectivity index (χ1n) is 11.4. The van der Waals surface area contributed by atoms with Gasteiger partial charge in [0, 0.05) is 59.1 Å². The number of ether oxygens (including phenoxy) is 3. The van der Waals surface area contributed by atoms with Crippen molar-refractivity contribution in [3.63, 3.8) is 0 Å². The van der Waals surface area contributed by atoms with Gasteiger partial charge in [-0.15, -0.1) is 0 Å². The number of amides is 2. The van der Waals surface area contributed by atoms with E-state index in [2.05, 4.69) is 26.7 Å². The van der Waals surface area contributed by atoms with E-state index in [9.17, 15) is 10.1 Å². The molecule has 0 unspecified atom stereocenters. The van der Waals surface area contributed by atoms with E-state index in [0.29, 0.717) is 48.3 Å². The Kier molecular flexibility index (Phi) is 8.06. The number of fused-ring (bicyclic) bond motifs is 1. The molecule has 1 aliphatic heterocycles. The summed E-state index contributed by atoms with van der Waals surface area (Å²) in [5.41, 5.74) is 3.15. The SMILES string of the molecule is COCCNc1cc(NC(=O)N2CCCc3cc(-n4ccnc4)c(C(OC)OC)nc32)ncc1C#N. The highest BCUT2D eigenvalue weighted by molar-refractivity contribution is 6.01. The molecular weight excluding hydrogens is 464 g/mol. The largest absolute Gasteiger partial charge is 0.383 e. The van der Waals surface area contributed by atoms with Crippen molar-refractivity contribution in [2.24, 2.45) is 0 Å². The predicted octanol–water partition coefficient (Wildman–Crippen LogP) is 2.87. The van der Waals surface area contributed by atoms with Crippen LogP contribution in [0.25, 0.3) is 5.69 Å². The molecule has 0 radical (unpaired) electrons. The summed E-state index contributed by atoms with van der Waals surface area (Å²) in [6, 6.07) is 5.33. The molecule has 36 heavy (non-hydrogen) atoms. The van der Waals surface area contributed by atoms with Crippen LogP contribution in [-0.4, -0.2) is 66.6 Å². The average Bonchev–Trinajstić information content (AvgIpc) is 3.44. The topological polar surface area (TPSA) is 139 Å². The summed E-state index contributed by atoms with van der Waals surface area (Å²) in [5, 5.41) is 15.3. The molecule has 2 amide bonds. The van der Waals surface area contributed by atoms with Gasteiger partial charge in [0.15, 0.2) is 0 Å². The molecule has 188 valence electrons. The van der Waals surface area contributed by atoms with Crippen LogP contribution in [-0.2, 0) is 20.6 Å². The van der Waals surface area contributed by atoms with E-state index in [1.54, 1.807) is 30.6 Å². The molecule has 0 aliphatic carbocycles. The van der Waals surface area contributed by atoms with E-state index in [1.165, 1.54) is 20.4 Å². The monoisotopic (exact) mass is 492 g/mol. The summed E-state index contributed by atoms with van der Waals surface area (Å²) < 4.78 is 17.9. The third-order valence-electron chi connectivity index (χ3n) is 5.73. The van der Waals surface area contributed by atoms with Crippen LogP contribution in [0, 0.1) is 11.3 Å². The molecule has 1 aliphatic rings. The minimum absolute atomic E-state index is 0.313. The second-order valence-electron chi connectivity index (χ2n) is 7.98. The van der Waals surface area contributed by atoms with E-state index >= 15 is 0 Å². The van der Waals surface area contributed by atoms with Gasteiger partial charge >= 0.3 is 6.03 Å². The van der Waals surface area contributed by atoms with Gasteiger partial charge in [0.2, 0.25) is 6.29 Å². The Labute approximate surface area is 208 Å². The number of carbonyl (C=O) groups is 1. The predicted molar refractivity (Wildman–Crippen MR) is 132 cm³/mol. The van der Waals surface area contributed by atoms with Gasteiger partial charge in [0.05, 0.1) is 29.9 Å². The smallest absolute Gasteiger partial charge is 0.328 e. The number of imidazole rings is 1. The summed E-state index contributed by atoms with van der Waals surface area (Å²) in [7, 11) is 4.67. The Hall–Kier alpha value is -4.05. The Morgan fingerprint density at radius 2 is 2.11 bits per heavy atom. The number of aromatic nitrogens is 4. The zero-order chi connectivity index (χ0) is 25.5. The van der Waals surface area contributed by atoms with Crippen molar-refractivity contribution in [2.45, 2.75) is 19.1 Å². The molecule has 0 bridgehead atoms. The van der Waals surface area contributed by atoms with Gasteiger partial charge in [0.1, 0.15) is 23.4 Å². The van der Waals surface area contributed by atoms with Crippen molar-refractivity contribution in [1.82, 2.24) is 19.5 Å². The van der Waals surface area contributed by atoms with E-state index in [-0.39, 0.29) is 6.03 Å². The molecule has 0 saturated carbocycles. The molecule has 0 atom stereocenters. The summed E-state index contributed by atoms with van der Waals surface area (Å²) in [5.74, 6) is 0.844. The van der Waals surface area contributed by atoms with Crippen molar-refractivity contribution in [2.75, 3.05) is 56.6 Å². The molecule has 4 heterocycles. The molecule has 2 N–H and O–H groups in total. The summed E-state index contributed by atoms with van der Waals surface area (Å²) in [6.07, 6.45) is 7.40. The van der Waals surface area contributed by atoms with Crippen LogP contribution >= 0.6 is 0 Å². The zero-order valence-corrected chi connectivity index (χ0v) is 20.4. The summed E-state index contributed by atoms with van der Waals surface area (Å²) in [6.45, 7) is 1.46. The second kappa shape index (κ2) is 11.6. The maximum absolute atomic E-state index is 13.3. The lowest BCUT2D eigenvalue weighted by Crippen LogP contribution is -2.40. The highest BCUT2D eigenvalue weighted by Gasteiger charge is 2.29. The lowest BCUT2D eigenvalue weighted by molar-refractivity contribution is -0.108. The normalized spacial score (nSPS) is 12.8. The number of urea groups is 1. The first kappa shape index (κ1) is 25.1. The van der Waals surface area contributed by atoms with Gasteiger partial charge in [-0.1, -0.05) is 0 Å². The third-order valence-corrected chi connectivity index (χ3v) is 5.73.